The van der Waals surface area contributed by atoms with Gasteiger partial charge in [0.2, 0.25) is 0 Å². The van der Waals surface area contributed by atoms with Crippen molar-refractivity contribution in [3.63, 3.8) is 0 Å². The van der Waals surface area contributed by atoms with E-state index in [1.807, 2.05) is 0 Å². The van der Waals surface area contributed by atoms with Gasteiger partial charge in [0.1, 0.15) is 5.75 Å². The van der Waals surface area contributed by atoms with Crippen LogP contribution >= 0.6 is 15.9 Å². The molecule has 0 spiro atoms. The first kappa shape index (κ1) is 14.5. The Morgan fingerprint density at radius 1 is 1.24 bits per heavy atom. The average molecular weight is 346 g/mol. The van der Waals surface area contributed by atoms with Gasteiger partial charge in [0, 0.05) is 10.2 Å². The number of halogens is 1. The standard InChI is InChI=1S/C18H20BrNO/c1-12-16(19)6-4-7-17(12)20-18-8-3-5-13-9-10-14(21-2)11-15(13)18/h4,6-7,9-11,18,20H,3,5,8H2,1-2H3. The van der Waals surface area contributed by atoms with Crippen molar-refractivity contribution in [2.24, 2.45) is 0 Å². The maximum atomic E-state index is 5.39. The molecular formula is C18H20BrNO. The molecule has 0 amide bonds. The molecule has 0 saturated heterocycles. The number of ether oxygens (including phenoxy) is 1. The maximum absolute atomic E-state index is 5.39. The van der Waals surface area contributed by atoms with Crippen LogP contribution in [-0.2, 0) is 6.42 Å². The molecule has 3 rings (SSSR count). The summed E-state index contributed by atoms with van der Waals surface area (Å²) in [6.45, 7) is 2.14. The quantitative estimate of drug-likeness (QED) is 0.819. The number of benzene rings is 2. The first-order valence-electron chi connectivity index (χ1n) is 7.37. The lowest BCUT2D eigenvalue weighted by atomic mass is 9.87. The predicted octanol–water partition coefficient (Wildman–Crippen LogP) is 5.26. The molecular weight excluding hydrogens is 326 g/mol. The number of fused-ring (bicyclic) bond motifs is 1. The van der Waals surface area contributed by atoms with Crippen molar-refractivity contribution in [1.82, 2.24) is 0 Å². The Morgan fingerprint density at radius 3 is 2.90 bits per heavy atom. The molecule has 0 saturated carbocycles. The number of hydrogen-bond acceptors (Lipinski definition) is 2. The van der Waals surface area contributed by atoms with E-state index in [1.54, 1.807) is 7.11 Å². The van der Waals surface area contributed by atoms with Crippen LogP contribution in [0.1, 0.15) is 35.6 Å². The van der Waals surface area contributed by atoms with Gasteiger partial charge in [-0.15, -0.1) is 0 Å². The lowest BCUT2D eigenvalue weighted by Crippen LogP contribution is -2.18. The predicted molar refractivity (Wildman–Crippen MR) is 91.2 cm³/mol. The fraction of sp³-hybridized carbons (Fsp3) is 0.333. The molecule has 3 heteroatoms. The van der Waals surface area contributed by atoms with E-state index in [0.717, 1.165) is 23.1 Å². The van der Waals surface area contributed by atoms with Crippen molar-refractivity contribution in [2.45, 2.75) is 32.2 Å². The fourth-order valence-electron chi connectivity index (χ4n) is 3.01. The van der Waals surface area contributed by atoms with E-state index in [0.29, 0.717) is 6.04 Å². The Hall–Kier alpha value is -1.48. The topological polar surface area (TPSA) is 21.3 Å². The van der Waals surface area contributed by atoms with E-state index in [9.17, 15) is 0 Å². The summed E-state index contributed by atoms with van der Waals surface area (Å²) in [7, 11) is 1.73. The summed E-state index contributed by atoms with van der Waals surface area (Å²) < 4.78 is 6.53. The monoisotopic (exact) mass is 345 g/mol. The Bertz CT molecular complexity index is 654. The molecule has 0 aliphatic heterocycles. The second-order valence-electron chi connectivity index (χ2n) is 5.57. The van der Waals surface area contributed by atoms with Gasteiger partial charge in [0.25, 0.3) is 0 Å². The Morgan fingerprint density at radius 2 is 2.10 bits per heavy atom. The molecule has 21 heavy (non-hydrogen) atoms. The number of hydrogen-bond donors (Lipinski definition) is 1. The molecule has 0 fully saturated rings. The molecule has 1 unspecified atom stereocenters. The average Bonchev–Trinajstić information content (AvgIpc) is 2.51. The molecule has 110 valence electrons. The number of methoxy groups -OCH3 is 1. The summed E-state index contributed by atoms with van der Waals surface area (Å²) in [5.74, 6) is 0.938. The lowest BCUT2D eigenvalue weighted by Gasteiger charge is -2.28. The smallest absolute Gasteiger partial charge is 0.119 e. The van der Waals surface area contributed by atoms with Crippen LogP contribution in [0.3, 0.4) is 0 Å². The minimum absolute atomic E-state index is 0.358. The van der Waals surface area contributed by atoms with E-state index in [1.165, 1.54) is 28.8 Å². The van der Waals surface area contributed by atoms with Crippen LogP contribution in [0, 0.1) is 6.92 Å². The van der Waals surface area contributed by atoms with Gasteiger partial charge >= 0.3 is 0 Å². The largest absolute Gasteiger partial charge is 0.497 e. The molecule has 2 aromatic carbocycles. The second-order valence-corrected chi connectivity index (χ2v) is 6.42. The van der Waals surface area contributed by atoms with Crippen LogP contribution in [0.25, 0.3) is 0 Å². The molecule has 0 aromatic heterocycles. The maximum Gasteiger partial charge on any atom is 0.119 e. The van der Waals surface area contributed by atoms with Crippen molar-refractivity contribution >= 4 is 21.6 Å². The van der Waals surface area contributed by atoms with Gasteiger partial charge in [-0.25, -0.2) is 0 Å². The molecule has 1 atom stereocenters. The van der Waals surface area contributed by atoms with Gasteiger partial charge in [-0.2, -0.15) is 0 Å². The summed E-state index contributed by atoms with van der Waals surface area (Å²) >= 11 is 3.61. The minimum Gasteiger partial charge on any atom is -0.497 e. The Balaban J connectivity index is 1.93. The zero-order chi connectivity index (χ0) is 14.8. The third-order valence-electron chi connectivity index (χ3n) is 4.26. The third-order valence-corrected chi connectivity index (χ3v) is 5.12. The second kappa shape index (κ2) is 6.10. The number of nitrogens with one attached hydrogen (secondary N) is 1. The van der Waals surface area contributed by atoms with Crippen molar-refractivity contribution in [1.29, 1.82) is 0 Å². The highest BCUT2D eigenvalue weighted by Gasteiger charge is 2.21. The van der Waals surface area contributed by atoms with Crippen molar-refractivity contribution in [3.05, 3.63) is 57.6 Å². The minimum atomic E-state index is 0.358. The van der Waals surface area contributed by atoms with Crippen LogP contribution in [0.15, 0.2) is 40.9 Å². The summed E-state index contributed by atoms with van der Waals surface area (Å²) in [5, 5.41) is 3.71. The molecule has 2 aromatic rings. The van der Waals surface area contributed by atoms with Gasteiger partial charge < -0.3 is 10.1 Å². The van der Waals surface area contributed by atoms with Gasteiger partial charge in [0.15, 0.2) is 0 Å². The summed E-state index contributed by atoms with van der Waals surface area (Å²) in [6.07, 6.45) is 3.55. The molecule has 2 nitrogen and oxygen atoms in total. The summed E-state index contributed by atoms with van der Waals surface area (Å²) in [4.78, 5) is 0. The van der Waals surface area contributed by atoms with E-state index >= 15 is 0 Å². The number of rotatable bonds is 3. The van der Waals surface area contributed by atoms with E-state index in [4.69, 9.17) is 4.74 Å². The summed E-state index contributed by atoms with van der Waals surface area (Å²) in [6, 6.07) is 13.1. The van der Waals surface area contributed by atoms with Crippen LogP contribution in [-0.4, -0.2) is 7.11 Å². The highest BCUT2D eigenvalue weighted by molar-refractivity contribution is 9.10. The lowest BCUT2D eigenvalue weighted by molar-refractivity contribution is 0.413. The normalized spacial score (nSPS) is 17.2. The van der Waals surface area contributed by atoms with Gasteiger partial charge in [-0.1, -0.05) is 28.1 Å². The van der Waals surface area contributed by atoms with Gasteiger partial charge in [0.05, 0.1) is 13.2 Å². The van der Waals surface area contributed by atoms with Gasteiger partial charge in [-0.3, -0.25) is 0 Å². The van der Waals surface area contributed by atoms with E-state index in [2.05, 4.69) is 64.6 Å². The summed E-state index contributed by atoms with van der Waals surface area (Å²) in [5.41, 5.74) is 5.27. The van der Waals surface area contributed by atoms with Crippen LogP contribution in [0.4, 0.5) is 5.69 Å². The Kier molecular flexibility index (Phi) is 4.20. The molecule has 0 bridgehead atoms. The highest BCUT2D eigenvalue weighted by Crippen LogP contribution is 2.36. The molecule has 0 heterocycles. The zero-order valence-electron chi connectivity index (χ0n) is 12.4. The highest BCUT2D eigenvalue weighted by atomic mass is 79.9. The number of anilines is 1. The third kappa shape index (κ3) is 2.93. The Labute approximate surface area is 134 Å². The van der Waals surface area contributed by atoms with Crippen LogP contribution in [0.5, 0.6) is 5.75 Å². The SMILES string of the molecule is COc1ccc2c(c1)C(Nc1cccc(Br)c1C)CCC2. The van der Waals surface area contributed by atoms with E-state index < -0.39 is 0 Å². The van der Waals surface area contributed by atoms with Gasteiger partial charge in [-0.05, 0) is 67.1 Å². The van der Waals surface area contributed by atoms with Crippen LogP contribution < -0.4 is 10.1 Å². The zero-order valence-corrected chi connectivity index (χ0v) is 14.0. The molecule has 1 N–H and O–H groups in total. The molecule has 0 radical (unpaired) electrons. The number of aryl methyl sites for hydroxylation is 1. The first-order chi connectivity index (χ1) is 10.2. The molecule has 1 aliphatic carbocycles. The van der Waals surface area contributed by atoms with Crippen LogP contribution in [0.2, 0.25) is 0 Å². The first-order valence-corrected chi connectivity index (χ1v) is 8.17. The van der Waals surface area contributed by atoms with Crippen molar-refractivity contribution < 1.29 is 4.74 Å². The van der Waals surface area contributed by atoms with E-state index in [-0.39, 0.29) is 0 Å². The van der Waals surface area contributed by atoms with Crippen molar-refractivity contribution in [3.8, 4) is 5.75 Å². The fourth-order valence-corrected chi connectivity index (χ4v) is 3.37. The molecule has 1 aliphatic rings. The van der Waals surface area contributed by atoms with Crippen molar-refractivity contribution in [2.75, 3.05) is 12.4 Å².